The summed E-state index contributed by atoms with van der Waals surface area (Å²) in [7, 11) is 1.69. The van der Waals surface area contributed by atoms with Gasteiger partial charge in [-0.05, 0) is 108 Å². The van der Waals surface area contributed by atoms with Crippen molar-refractivity contribution in [2.24, 2.45) is 22.9 Å². The molecule has 6 atom stereocenters. The number of hydrogen-bond acceptors (Lipinski definition) is 11. The first-order chi connectivity index (χ1) is 33.2. The summed E-state index contributed by atoms with van der Waals surface area (Å²) >= 11 is 0. The molecule has 13 heteroatoms. The number of nitro benzene ring substituents is 1. The molecule has 8 rings (SSSR count). The van der Waals surface area contributed by atoms with E-state index in [2.05, 4.69) is 30.9 Å². The smallest absolute Gasteiger partial charge is 0.410 e. The number of non-ortho nitro benzene ring substituents is 1. The zero-order chi connectivity index (χ0) is 47.5. The fourth-order valence-electron chi connectivity index (χ4n) is 10.1. The van der Waals surface area contributed by atoms with Gasteiger partial charge in [-0.2, -0.15) is 0 Å². The molecule has 354 valence electrons. The maximum Gasteiger partial charge on any atom is 0.410 e. The summed E-state index contributed by atoms with van der Waals surface area (Å²) in [5.41, 5.74) is 6.06. The zero-order valence-corrected chi connectivity index (χ0v) is 38.4. The summed E-state index contributed by atoms with van der Waals surface area (Å²) in [6.45, 7) is 4.34. The Hall–Kier alpha value is -6.80. The van der Waals surface area contributed by atoms with E-state index in [1.54, 1.807) is 30.2 Å². The minimum Gasteiger partial charge on any atom is -0.459 e. The van der Waals surface area contributed by atoms with Crippen LogP contribution in [0.25, 0.3) is 11.1 Å². The minimum absolute atomic E-state index is 0.000112. The molecule has 13 nitrogen and oxygen atoms in total. The van der Waals surface area contributed by atoms with Crippen LogP contribution < -0.4 is 9.47 Å². The van der Waals surface area contributed by atoms with Crippen LogP contribution in [-0.4, -0.2) is 70.5 Å². The number of oxime groups is 1. The van der Waals surface area contributed by atoms with Crippen LogP contribution in [-0.2, 0) is 27.5 Å². The second kappa shape index (κ2) is 22.3. The van der Waals surface area contributed by atoms with E-state index in [0.29, 0.717) is 41.4 Å². The normalized spacial score (nSPS) is 21.9. The molecule has 0 saturated heterocycles. The number of aliphatic hydroxyl groups excluding tert-OH is 2. The van der Waals surface area contributed by atoms with Gasteiger partial charge < -0.3 is 38.9 Å². The third-order valence-corrected chi connectivity index (χ3v) is 13.4. The number of likely N-dealkylation sites (N-methyl/N-ethyl adjacent to an activating group) is 1. The maximum atomic E-state index is 14.3. The average molecular weight is 922 g/mol. The van der Waals surface area contributed by atoms with E-state index in [9.17, 15) is 25.1 Å². The topological polar surface area (TPSA) is 162 Å². The Labute approximate surface area is 397 Å². The molecule has 2 aliphatic carbocycles. The highest BCUT2D eigenvalue weighted by Crippen LogP contribution is 2.62. The third kappa shape index (κ3) is 10.7. The lowest BCUT2D eigenvalue weighted by Gasteiger charge is -2.59. The van der Waals surface area contributed by atoms with Gasteiger partial charge in [-0.25, -0.2) is 4.79 Å². The van der Waals surface area contributed by atoms with Crippen molar-refractivity contribution in [2.45, 2.75) is 75.9 Å². The second-order valence-electron chi connectivity index (χ2n) is 17.6. The Morgan fingerprint density at radius 1 is 0.853 bits per heavy atom. The van der Waals surface area contributed by atoms with Crippen LogP contribution in [0, 0.1) is 27.9 Å². The highest BCUT2D eigenvalue weighted by molar-refractivity contribution is 6.03. The van der Waals surface area contributed by atoms with Gasteiger partial charge in [0.15, 0.2) is 0 Å². The molecular formula is C55H59N3O10. The van der Waals surface area contributed by atoms with Crippen molar-refractivity contribution >= 4 is 17.5 Å². The predicted molar refractivity (Wildman–Crippen MR) is 259 cm³/mol. The van der Waals surface area contributed by atoms with Gasteiger partial charge in [0.1, 0.15) is 36.5 Å². The van der Waals surface area contributed by atoms with Crippen LogP contribution in [0.3, 0.4) is 0 Å². The largest absolute Gasteiger partial charge is 0.459 e. The van der Waals surface area contributed by atoms with E-state index in [0.717, 1.165) is 53.5 Å². The van der Waals surface area contributed by atoms with E-state index in [-0.39, 0.29) is 62.9 Å². The number of fused-ring (bicyclic) bond motifs is 2. The zero-order valence-electron chi connectivity index (χ0n) is 38.4. The van der Waals surface area contributed by atoms with Gasteiger partial charge in [-0.15, -0.1) is 6.58 Å². The average Bonchev–Trinajstić information content (AvgIpc) is 3.37. The number of aliphatic hydroxyl groups is 2. The van der Waals surface area contributed by atoms with Crippen LogP contribution in [0.5, 0.6) is 17.2 Å². The molecule has 1 aliphatic heterocycles. The quantitative estimate of drug-likeness (QED) is 0.0313. The standard InChI is InChI=1S/C55H59N3O10/c1-3-32-65-55-51(57(2)54(61)64-36-38-14-6-4-7-15-38)35-49(56-66-37-39-20-24-43(25-21-39)58(62)63)47-33-42(18-10-12-30-59)46(19-11-13-31-60)52(53(47)55)48-34-45(28-29-50(48)68-55)67-44-26-22-41(23-27-44)40-16-8-5-9-17-40/h3-9,14-17,20-29,33-34,42,46,51-53,59-60H,1,10-13,18-19,30-32,35-37H2,2H3. The van der Waals surface area contributed by atoms with Crippen molar-refractivity contribution in [3.63, 3.8) is 0 Å². The molecule has 0 spiro atoms. The molecule has 1 heterocycles. The molecule has 6 unspecified atom stereocenters. The number of amides is 1. The number of rotatable bonds is 21. The fourth-order valence-corrected chi connectivity index (χ4v) is 10.1. The first-order valence-corrected chi connectivity index (χ1v) is 23.4. The molecule has 2 N–H and O–H groups in total. The van der Waals surface area contributed by atoms with Crippen molar-refractivity contribution in [3.05, 3.63) is 179 Å². The lowest BCUT2D eigenvalue weighted by atomic mass is 9.55. The van der Waals surface area contributed by atoms with Gasteiger partial charge in [-0.3, -0.25) is 10.1 Å². The Morgan fingerprint density at radius 2 is 1.51 bits per heavy atom. The van der Waals surface area contributed by atoms with Crippen LogP contribution in [0.4, 0.5) is 10.5 Å². The Bertz CT molecular complexity index is 2550. The van der Waals surface area contributed by atoms with Gasteiger partial charge in [0.2, 0.25) is 5.79 Å². The van der Waals surface area contributed by atoms with Gasteiger partial charge >= 0.3 is 6.09 Å². The van der Waals surface area contributed by atoms with Crippen LogP contribution in [0.1, 0.15) is 67.6 Å². The molecule has 0 aromatic heterocycles. The number of unbranched alkanes of at least 4 members (excludes halogenated alkanes) is 2. The summed E-state index contributed by atoms with van der Waals surface area (Å²) in [5.74, 6) is -0.402. The summed E-state index contributed by atoms with van der Waals surface area (Å²) in [6.07, 6.45) is 7.89. The monoisotopic (exact) mass is 921 g/mol. The molecule has 3 aliphatic rings. The lowest BCUT2D eigenvalue weighted by Crippen LogP contribution is -2.69. The van der Waals surface area contributed by atoms with Crippen LogP contribution in [0.2, 0.25) is 0 Å². The van der Waals surface area contributed by atoms with E-state index >= 15 is 0 Å². The van der Waals surface area contributed by atoms with Crippen molar-refractivity contribution < 1.29 is 43.7 Å². The Kier molecular flexibility index (Phi) is 15.7. The summed E-state index contributed by atoms with van der Waals surface area (Å²) in [6, 6.07) is 38.8. The highest BCUT2D eigenvalue weighted by atomic mass is 16.7. The van der Waals surface area contributed by atoms with Crippen molar-refractivity contribution in [1.82, 2.24) is 4.90 Å². The summed E-state index contributed by atoms with van der Waals surface area (Å²) in [4.78, 5) is 32.9. The van der Waals surface area contributed by atoms with E-state index in [4.69, 9.17) is 28.9 Å². The van der Waals surface area contributed by atoms with Crippen LogP contribution in [0.15, 0.2) is 157 Å². The maximum absolute atomic E-state index is 14.3. The number of benzene rings is 5. The lowest BCUT2D eigenvalue weighted by molar-refractivity contribution is -0.384. The molecule has 5 aromatic carbocycles. The number of nitro groups is 1. The van der Waals surface area contributed by atoms with Gasteiger partial charge in [-0.1, -0.05) is 103 Å². The van der Waals surface area contributed by atoms with Crippen LogP contribution >= 0.6 is 0 Å². The second-order valence-corrected chi connectivity index (χ2v) is 17.6. The molecule has 1 fully saturated rings. The van der Waals surface area contributed by atoms with Gasteiger partial charge in [0.25, 0.3) is 5.69 Å². The molecule has 5 aromatic rings. The highest BCUT2D eigenvalue weighted by Gasteiger charge is 2.65. The number of ether oxygens (including phenoxy) is 4. The molecule has 1 amide bonds. The van der Waals surface area contributed by atoms with E-state index in [1.807, 2.05) is 84.9 Å². The summed E-state index contributed by atoms with van der Waals surface area (Å²) in [5, 5.41) is 36.2. The first kappa shape index (κ1) is 47.7. The molecule has 0 radical (unpaired) electrons. The first-order valence-electron chi connectivity index (χ1n) is 23.4. The minimum atomic E-state index is -1.48. The molecule has 68 heavy (non-hydrogen) atoms. The number of carbonyl (C=O) groups excluding carboxylic acids is 1. The Morgan fingerprint density at radius 3 is 2.21 bits per heavy atom. The van der Waals surface area contributed by atoms with Gasteiger partial charge in [0.05, 0.1) is 23.2 Å². The number of carbonyl (C=O) groups is 1. The predicted octanol–water partition coefficient (Wildman–Crippen LogP) is 11.2. The van der Waals surface area contributed by atoms with E-state index in [1.165, 1.54) is 12.1 Å². The van der Waals surface area contributed by atoms with Crippen molar-refractivity contribution in [3.8, 4) is 28.4 Å². The van der Waals surface area contributed by atoms with E-state index < -0.39 is 28.8 Å². The number of hydrogen-bond donors (Lipinski definition) is 2. The fraction of sp³-hybridized carbons (Fsp3) is 0.345. The summed E-state index contributed by atoms with van der Waals surface area (Å²) < 4.78 is 26.9. The molecule has 0 bridgehead atoms. The SMILES string of the molecule is C=CCOC12Oc3ccc(Oc4ccc(-c5ccccc5)cc4)cc3C3C(CCCCO)C(CCCCO)C=C(C(=NOCc4ccc([N+](=O)[O-])cc4)CC1N(C)C(=O)OCc1ccccc1)C32. The number of allylic oxidation sites excluding steroid dienone is 1. The molecular weight excluding hydrogens is 863 g/mol. The third-order valence-electron chi connectivity index (χ3n) is 13.4. The number of nitrogens with zero attached hydrogens (tertiary/aromatic N) is 3. The molecule has 1 saturated carbocycles. The Balaban J connectivity index is 1.24. The van der Waals surface area contributed by atoms with Crippen molar-refractivity contribution in [1.29, 1.82) is 0 Å². The van der Waals surface area contributed by atoms with Gasteiger partial charge in [0, 0.05) is 50.3 Å². The van der Waals surface area contributed by atoms with Crippen molar-refractivity contribution in [2.75, 3.05) is 26.9 Å².